The van der Waals surface area contributed by atoms with Crippen molar-refractivity contribution in [2.45, 2.75) is 0 Å². The fraction of sp³-hybridized carbons (Fsp3) is 0.0769. The Kier molecular flexibility index (Phi) is 2.19. The van der Waals surface area contributed by atoms with Crippen LogP contribution < -0.4 is 4.74 Å². The highest BCUT2D eigenvalue weighted by Crippen LogP contribution is 2.25. The van der Waals surface area contributed by atoms with Gasteiger partial charge in [0.05, 0.1) is 12.6 Å². The van der Waals surface area contributed by atoms with E-state index in [0.29, 0.717) is 22.4 Å². The lowest BCUT2D eigenvalue weighted by molar-refractivity contribution is 0.0664. The molecule has 0 fully saturated rings. The van der Waals surface area contributed by atoms with E-state index in [9.17, 15) is 4.79 Å². The second-order valence-corrected chi connectivity index (χ2v) is 3.86. The van der Waals surface area contributed by atoms with Crippen LogP contribution in [-0.2, 0) is 0 Å². The fourth-order valence-corrected chi connectivity index (χ4v) is 1.84. The van der Waals surface area contributed by atoms with E-state index < -0.39 is 5.97 Å². The van der Waals surface area contributed by atoms with Crippen LogP contribution in [0.2, 0.25) is 0 Å². The largest absolute Gasteiger partial charge is 0.497 e. The van der Waals surface area contributed by atoms with E-state index in [-0.39, 0.29) is 5.76 Å². The summed E-state index contributed by atoms with van der Waals surface area (Å²) in [6, 6.07) is 8.78. The Hall–Kier alpha value is -2.56. The number of furan rings is 1. The molecule has 2 aromatic heterocycles. The number of carbonyl (C=O) groups is 1. The Labute approximate surface area is 102 Å². The van der Waals surface area contributed by atoms with Crippen LogP contribution in [-0.4, -0.2) is 23.2 Å². The van der Waals surface area contributed by atoms with Gasteiger partial charge in [0, 0.05) is 22.9 Å². The van der Waals surface area contributed by atoms with Crippen molar-refractivity contribution in [1.82, 2.24) is 4.98 Å². The number of hydrogen-bond acceptors (Lipinski definition) is 4. The molecule has 90 valence electrons. The monoisotopic (exact) mass is 243 g/mol. The van der Waals surface area contributed by atoms with Crippen molar-refractivity contribution in [2.75, 3.05) is 7.11 Å². The number of fused-ring (bicyclic) bond motifs is 2. The number of hydrogen-bond donors (Lipinski definition) is 1. The smallest absolute Gasteiger partial charge is 0.371 e. The molecule has 5 nitrogen and oxygen atoms in total. The first kappa shape index (κ1) is 10.6. The van der Waals surface area contributed by atoms with Gasteiger partial charge in [-0.1, -0.05) is 0 Å². The van der Waals surface area contributed by atoms with E-state index in [0.717, 1.165) is 5.39 Å². The van der Waals surface area contributed by atoms with Gasteiger partial charge in [-0.25, -0.2) is 9.78 Å². The van der Waals surface area contributed by atoms with Crippen LogP contribution in [0, 0.1) is 0 Å². The zero-order valence-corrected chi connectivity index (χ0v) is 9.51. The van der Waals surface area contributed by atoms with Crippen molar-refractivity contribution in [3.8, 4) is 5.75 Å². The minimum Gasteiger partial charge on any atom is -0.497 e. The van der Waals surface area contributed by atoms with E-state index in [1.165, 1.54) is 6.07 Å². The first-order valence-electron chi connectivity index (χ1n) is 5.29. The maximum absolute atomic E-state index is 10.8. The van der Waals surface area contributed by atoms with Gasteiger partial charge in [0.2, 0.25) is 11.5 Å². The summed E-state index contributed by atoms with van der Waals surface area (Å²) >= 11 is 0. The molecule has 0 unspecified atom stereocenters. The van der Waals surface area contributed by atoms with Crippen LogP contribution in [0.1, 0.15) is 10.6 Å². The Morgan fingerprint density at radius 2 is 2.11 bits per heavy atom. The van der Waals surface area contributed by atoms with E-state index in [1.54, 1.807) is 13.2 Å². The third-order valence-corrected chi connectivity index (χ3v) is 2.72. The van der Waals surface area contributed by atoms with Crippen molar-refractivity contribution < 1.29 is 19.1 Å². The van der Waals surface area contributed by atoms with Crippen LogP contribution in [0.4, 0.5) is 0 Å². The molecule has 0 saturated heterocycles. The lowest BCUT2D eigenvalue weighted by atomic mass is 10.2. The molecule has 0 aliphatic carbocycles. The van der Waals surface area contributed by atoms with Gasteiger partial charge in [-0.2, -0.15) is 0 Å². The molecular formula is C13H9NO4. The molecule has 0 amide bonds. The second kappa shape index (κ2) is 3.73. The van der Waals surface area contributed by atoms with Crippen molar-refractivity contribution >= 4 is 28.0 Å². The summed E-state index contributed by atoms with van der Waals surface area (Å²) in [4.78, 5) is 15.1. The minimum atomic E-state index is -1.10. The SMILES string of the molecule is COc1ccc2cc3cc(C(=O)O)oc3nc2c1. The van der Waals surface area contributed by atoms with E-state index >= 15 is 0 Å². The van der Waals surface area contributed by atoms with Gasteiger partial charge < -0.3 is 14.3 Å². The first-order chi connectivity index (χ1) is 8.67. The van der Waals surface area contributed by atoms with Gasteiger partial charge in [-0.05, 0) is 18.2 Å². The Morgan fingerprint density at radius 3 is 2.83 bits per heavy atom. The Morgan fingerprint density at radius 1 is 1.28 bits per heavy atom. The summed E-state index contributed by atoms with van der Waals surface area (Å²) in [6.07, 6.45) is 0. The molecule has 0 aliphatic rings. The summed E-state index contributed by atoms with van der Waals surface area (Å²) in [6.45, 7) is 0. The average Bonchev–Trinajstić information content (AvgIpc) is 2.78. The van der Waals surface area contributed by atoms with E-state index in [1.807, 2.05) is 18.2 Å². The first-order valence-corrected chi connectivity index (χ1v) is 5.29. The Bertz CT molecular complexity index is 760. The lowest BCUT2D eigenvalue weighted by Gasteiger charge is -2.01. The van der Waals surface area contributed by atoms with Crippen molar-refractivity contribution in [3.63, 3.8) is 0 Å². The highest BCUT2D eigenvalue weighted by Gasteiger charge is 2.12. The highest BCUT2D eigenvalue weighted by molar-refractivity contribution is 5.95. The van der Waals surface area contributed by atoms with Crippen molar-refractivity contribution in [1.29, 1.82) is 0 Å². The third kappa shape index (κ3) is 1.57. The van der Waals surface area contributed by atoms with Crippen LogP contribution in [0.3, 0.4) is 0 Å². The zero-order chi connectivity index (χ0) is 12.7. The van der Waals surface area contributed by atoms with Gasteiger partial charge in [0.25, 0.3) is 0 Å². The van der Waals surface area contributed by atoms with Crippen LogP contribution >= 0.6 is 0 Å². The number of rotatable bonds is 2. The number of methoxy groups -OCH3 is 1. The van der Waals surface area contributed by atoms with Crippen molar-refractivity contribution in [2.24, 2.45) is 0 Å². The summed E-state index contributed by atoms with van der Waals surface area (Å²) in [7, 11) is 1.58. The summed E-state index contributed by atoms with van der Waals surface area (Å²) in [5, 5.41) is 10.4. The molecule has 0 aliphatic heterocycles. The number of carboxylic acids is 1. The minimum absolute atomic E-state index is 0.111. The molecule has 3 aromatic rings. The highest BCUT2D eigenvalue weighted by atomic mass is 16.5. The fourth-order valence-electron chi connectivity index (χ4n) is 1.84. The Balaban J connectivity index is 2.29. The quantitative estimate of drug-likeness (QED) is 0.749. The number of carboxylic acid groups (broad SMARTS) is 1. The van der Waals surface area contributed by atoms with Crippen molar-refractivity contribution in [3.05, 3.63) is 36.1 Å². The molecule has 2 heterocycles. The topological polar surface area (TPSA) is 72.6 Å². The average molecular weight is 243 g/mol. The van der Waals surface area contributed by atoms with E-state index in [4.69, 9.17) is 14.3 Å². The predicted molar refractivity (Wildman–Crippen MR) is 65.0 cm³/mol. The number of pyridine rings is 1. The second-order valence-electron chi connectivity index (χ2n) is 3.86. The van der Waals surface area contributed by atoms with Gasteiger partial charge in [0.1, 0.15) is 5.75 Å². The molecule has 1 N–H and O–H groups in total. The molecule has 0 radical (unpaired) electrons. The molecule has 5 heteroatoms. The number of nitrogens with zero attached hydrogens (tertiary/aromatic N) is 1. The van der Waals surface area contributed by atoms with Crippen LogP contribution in [0.5, 0.6) is 5.75 Å². The zero-order valence-electron chi connectivity index (χ0n) is 9.51. The normalized spacial score (nSPS) is 10.9. The van der Waals surface area contributed by atoms with Gasteiger partial charge in [-0.15, -0.1) is 0 Å². The molecule has 0 bridgehead atoms. The molecular weight excluding hydrogens is 234 g/mol. The van der Waals surface area contributed by atoms with Gasteiger partial charge in [-0.3, -0.25) is 0 Å². The van der Waals surface area contributed by atoms with Crippen LogP contribution in [0.15, 0.2) is 34.7 Å². The third-order valence-electron chi connectivity index (χ3n) is 2.72. The summed E-state index contributed by atoms with van der Waals surface area (Å²) in [5.41, 5.74) is 1.02. The molecule has 18 heavy (non-hydrogen) atoms. The van der Waals surface area contributed by atoms with E-state index in [2.05, 4.69) is 4.98 Å². The molecule has 0 atom stereocenters. The lowest BCUT2D eigenvalue weighted by Crippen LogP contribution is -1.91. The molecule has 0 spiro atoms. The summed E-state index contributed by atoms with van der Waals surface area (Å²) < 4.78 is 10.3. The standard InChI is InChI=1S/C13H9NO4/c1-17-9-3-2-7-4-8-5-11(13(15)16)18-12(8)14-10(7)6-9/h2-6H,1H3,(H,15,16). The number of ether oxygens (including phenoxy) is 1. The predicted octanol–water partition coefficient (Wildman–Crippen LogP) is 2.69. The molecule has 1 aromatic carbocycles. The van der Waals surface area contributed by atoms with Gasteiger partial charge in [0.15, 0.2) is 0 Å². The van der Waals surface area contributed by atoms with Gasteiger partial charge >= 0.3 is 5.97 Å². The maximum atomic E-state index is 10.8. The molecule has 0 saturated carbocycles. The maximum Gasteiger partial charge on any atom is 0.371 e. The number of aromatic carboxylic acids is 1. The molecule has 3 rings (SSSR count). The summed E-state index contributed by atoms with van der Waals surface area (Å²) in [5.74, 6) is -0.520. The number of aromatic nitrogens is 1. The number of benzene rings is 1. The van der Waals surface area contributed by atoms with Crippen LogP contribution in [0.25, 0.3) is 22.0 Å².